The van der Waals surface area contributed by atoms with E-state index in [-0.39, 0.29) is 48.5 Å². The first-order valence-corrected chi connectivity index (χ1v) is 10.3. The summed E-state index contributed by atoms with van der Waals surface area (Å²) in [6.45, 7) is 0. The van der Waals surface area contributed by atoms with Crippen molar-refractivity contribution in [2.45, 2.75) is 24.5 Å². The topological polar surface area (TPSA) is 190 Å². The van der Waals surface area contributed by atoms with Gasteiger partial charge in [0.1, 0.15) is 22.8 Å². The average Bonchev–Trinajstić information content (AvgIpc) is 2.72. The second-order valence-corrected chi connectivity index (χ2v) is 8.83. The highest BCUT2D eigenvalue weighted by Crippen LogP contribution is 2.53. The zero-order chi connectivity index (χ0) is 25.3. The zero-order valence-corrected chi connectivity index (χ0v) is 19.4. The number of hydrogen-bond acceptors (Lipinski definition) is 9. The first-order valence-electron chi connectivity index (χ1n) is 10.3. The lowest BCUT2D eigenvalue weighted by atomic mass is 9.58. The third-order valence-electron chi connectivity index (χ3n) is 6.88. The molecule has 7 N–H and O–H groups in total. The number of allylic oxidation sites excluding steroid dienone is 1. The van der Waals surface area contributed by atoms with E-state index in [0.717, 1.165) is 0 Å². The number of nitrogens with one attached hydrogen (secondary N) is 1. The molecule has 4 atom stereocenters. The number of hydrogen-bond donors (Lipinski definition) is 6. The van der Waals surface area contributed by atoms with E-state index in [1.165, 1.54) is 19.0 Å². The minimum absolute atomic E-state index is 0. The normalized spacial score (nSPS) is 27.6. The summed E-state index contributed by atoms with van der Waals surface area (Å²) in [5.41, 5.74) is 0.491. The fraction of sp³-hybridized carbons (Fsp3) is 0.364. The summed E-state index contributed by atoms with van der Waals surface area (Å²) in [6.07, 6.45) is -0.0850. The summed E-state index contributed by atoms with van der Waals surface area (Å²) < 4.78 is 14.4. The minimum atomic E-state index is -2.76. The van der Waals surface area contributed by atoms with Crippen LogP contribution in [0.2, 0.25) is 0 Å². The first-order chi connectivity index (χ1) is 15.9. The van der Waals surface area contributed by atoms with Crippen LogP contribution in [0, 0.1) is 17.7 Å². The molecule has 0 saturated carbocycles. The van der Waals surface area contributed by atoms with Crippen LogP contribution < -0.4 is 11.1 Å². The number of phenols is 1. The number of ketones is 2. The van der Waals surface area contributed by atoms with Crippen LogP contribution >= 0.6 is 12.4 Å². The molecule has 0 fully saturated rings. The van der Waals surface area contributed by atoms with Gasteiger partial charge in [0.2, 0.25) is 12.2 Å². The molecule has 0 heterocycles. The monoisotopic (exact) mass is 511 g/mol. The molecule has 2 amide bonds. The Kier molecular flexibility index (Phi) is 6.44. The van der Waals surface area contributed by atoms with Crippen LogP contribution in [0.25, 0.3) is 0 Å². The Hall–Kier alpha value is -3.48. The predicted molar refractivity (Wildman–Crippen MR) is 121 cm³/mol. The van der Waals surface area contributed by atoms with Crippen molar-refractivity contribution < 1.29 is 44.0 Å². The highest BCUT2D eigenvalue weighted by molar-refractivity contribution is 6.24. The van der Waals surface area contributed by atoms with E-state index in [2.05, 4.69) is 5.32 Å². The van der Waals surface area contributed by atoms with Gasteiger partial charge in [-0.1, -0.05) is 0 Å². The third-order valence-corrected chi connectivity index (χ3v) is 6.88. The molecule has 3 unspecified atom stereocenters. The number of carbonyl (C=O) groups is 4. The van der Waals surface area contributed by atoms with Crippen LogP contribution in [-0.4, -0.2) is 74.9 Å². The van der Waals surface area contributed by atoms with Crippen LogP contribution in [0.1, 0.15) is 22.3 Å². The third kappa shape index (κ3) is 3.39. The molecule has 4 rings (SSSR count). The van der Waals surface area contributed by atoms with Crippen molar-refractivity contribution in [1.82, 2.24) is 4.90 Å². The van der Waals surface area contributed by atoms with Crippen molar-refractivity contribution in [3.8, 4) is 5.75 Å². The summed E-state index contributed by atoms with van der Waals surface area (Å²) in [6, 6.07) is -0.514. The fourth-order valence-corrected chi connectivity index (χ4v) is 5.51. The molecule has 1 aromatic rings. The number of anilines is 1. The summed E-state index contributed by atoms with van der Waals surface area (Å²) in [5, 5.41) is 45.7. The van der Waals surface area contributed by atoms with E-state index < -0.39 is 75.2 Å². The molecular weight excluding hydrogens is 489 g/mol. The number of halogens is 2. The van der Waals surface area contributed by atoms with Crippen LogP contribution in [0.4, 0.5) is 10.1 Å². The first kappa shape index (κ1) is 26.1. The van der Waals surface area contributed by atoms with Gasteiger partial charge in [0.25, 0.3) is 5.91 Å². The van der Waals surface area contributed by atoms with Crippen molar-refractivity contribution in [1.29, 1.82) is 0 Å². The second-order valence-electron chi connectivity index (χ2n) is 8.83. The van der Waals surface area contributed by atoms with Gasteiger partial charge in [0.15, 0.2) is 17.2 Å². The molecule has 0 aliphatic heterocycles. The molecule has 11 nitrogen and oxygen atoms in total. The van der Waals surface area contributed by atoms with Gasteiger partial charge in [-0.3, -0.25) is 24.1 Å². The number of aromatic hydroxyl groups is 1. The molecule has 35 heavy (non-hydrogen) atoms. The Balaban J connectivity index is 0.00000342. The SMILES string of the molecule is CN(C)[C@@H]1C(O)=C(C(N)=O)C(=O)C2(O)C(O)=C3C(=O)c4c(O)cc(F)c(NC=O)c4CC3CC12.Cl. The van der Waals surface area contributed by atoms with E-state index in [1.54, 1.807) is 0 Å². The number of Topliss-reactive ketones (excluding diaryl/α,β-unsaturated/α-hetero) is 2. The molecule has 3 aliphatic rings. The fourth-order valence-electron chi connectivity index (χ4n) is 5.51. The van der Waals surface area contributed by atoms with Crippen molar-refractivity contribution in [2.75, 3.05) is 19.4 Å². The largest absolute Gasteiger partial charge is 0.510 e. The summed E-state index contributed by atoms with van der Waals surface area (Å²) in [4.78, 5) is 50.9. The Morgan fingerprint density at radius 1 is 1.29 bits per heavy atom. The smallest absolute Gasteiger partial charge is 0.255 e. The molecule has 0 saturated heterocycles. The average molecular weight is 512 g/mol. The van der Waals surface area contributed by atoms with Gasteiger partial charge in [-0.2, -0.15) is 0 Å². The lowest BCUT2D eigenvalue weighted by Gasteiger charge is -2.50. The number of primary amides is 1. The molecule has 0 aromatic heterocycles. The number of benzene rings is 1. The standard InChI is InChI=1S/C22H22FN3O8.ClH/c1-26(2)16-9-4-7-3-8-13(11(28)5-10(23)15(8)25-6-27)17(29)12(7)19(31)22(9,34)20(32)14(18(16)30)21(24)33;/h5-7,9,16,28,30-31,34H,3-4H2,1-2H3,(H2,24,33)(H,25,27);1H/t7?,9?,16-,22?;/m0./s1. The molecule has 0 bridgehead atoms. The van der Waals surface area contributed by atoms with Gasteiger partial charge in [-0.25, -0.2) is 4.39 Å². The highest BCUT2D eigenvalue weighted by atomic mass is 35.5. The van der Waals surface area contributed by atoms with Gasteiger partial charge in [0.05, 0.1) is 17.3 Å². The zero-order valence-electron chi connectivity index (χ0n) is 18.5. The van der Waals surface area contributed by atoms with E-state index in [4.69, 9.17) is 5.73 Å². The van der Waals surface area contributed by atoms with Gasteiger partial charge in [-0.15, -0.1) is 12.4 Å². The number of likely N-dealkylation sites (N-methyl/N-ethyl adjacent to an activating group) is 1. The molecule has 1 aromatic carbocycles. The van der Waals surface area contributed by atoms with E-state index >= 15 is 0 Å². The quantitative estimate of drug-likeness (QED) is 0.187. The Morgan fingerprint density at radius 2 is 1.91 bits per heavy atom. The Bertz CT molecular complexity index is 1240. The lowest BCUT2D eigenvalue weighted by molar-refractivity contribution is -0.148. The summed E-state index contributed by atoms with van der Waals surface area (Å²) in [7, 11) is 3.01. The van der Waals surface area contributed by atoms with Crippen molar-refractivity contribution in [2.24, 2.45) is 17.6 Å². The van der Waals surface area contributed by atoms with Crippen LogP contribution in [0.3, 0.4) is 0 Å². The molecule has 0 spiro atoms. The molecule has 13 heteroatoms. The number of nitrogens with zero attached hydrogens (tertiary/aromatic N) is 1. The van der Waals surface area contributed by atoms with Crippen LogP contribution in [0.15, 0.2) is 28.7 Å². The number of amides is 2. The van der Waals surface area contributed by atoms with E-state index in [0.29, 0.717) is 6.07 Å². The maximum atomic E-state index is 14.4. The van der Waals surface area contributed by atoms with Gasteiger partial charge < -0.3 is 31.5 Å². The maximum Gasteiger partial charge on any atom is 0.255 e. The minimum Gasteiger partial charge on any atom is -0.510 e. The number of nitrogens with two attached hydrogens (primary N) is 1. The number of rotatable bonds is 4. The Labute approximate surface area is 204 Å². The number of aliphatic hydroxyl groups excluding tert-OH is 2. The Morgan fingerprint density at radius 3 is 2.46 bits per heavy atom. The van der Waals surface area contributed by atoms with E-state index in [9.17, 15) is 44.0 Å². The van der Waals surface area contributed by atoms with Gasteiger partial charge in [0, 0.05) is 17.6 Å². The maximum absolute atomic E-state index is 14.4. The number of carbonyl (C=O) groups excluding carboxylic acids is 4. The van der Waals surface area contributed by atoms with Crippen LogP contribution in [0.5, 0.6) is 5.75 Å². The lowest BCUT2D eigenvalue weighted by Crippen LogP contribution is -2.63. The molecule has 3 aliphatic carbocycles. The van der Waals surface area contributed by atoms with Crippen molar-refractivity contribution in [3.63, 3.8) is 0 Å². The predicted octanol–water partition coefficient (Wildman–Crippen LogP) is 0.250. The van der Waals surface area contributed by atoms with Crippen molar-refractivity contribution >= 4 is 42.0 Å². The highest BCUT2D eigenvalue weighted by Gasteiger charge is 2.63. The molecular formula is C22H23ClFN3O8. The molecule has 188 valence electrons. The van der Waals surface area contributed by atoms with E-state index in [1.807, 2.05) is 0 Å². The van der Waals surface area contributed by atoms with Crippen LogP contribution in [-0.2, 0) is 20.8 Å². The van der Waals surface area contributed by atoms with Gasteiger partial charge in [-0.05, 0) is 38.4 Å². The van der Waals surface area contributed by atoms with Gasteiger partial charge >= 0.3 is 0 Å². The summed E-state index contributed by atoms with van der Waals surface area (Å²) in [5.74, 6) is -9.18. The van der Waals surface area contributed by atoms with Crippen molar-refractivity contribution in [3.05, 3.63) is 45.7 Å². The molecule has 0 radical (unpaired) electrons. The summed E-state index contributed by atoms with van der Waals surface area (Å²) >= 11 is 0. The number of aliphatic hydroxyl groups is 3. The number of phenolic OH excluding ortho intramolecular Hbond substituents is 1. The second kappa shape index (κ2) is 8.63. The number of fused-ring (bicyclic) bond motifs is 3.